The normalized spacial score (nSPS) is 14.6. The van der Waals surface area contributed by atoms with E-state index in [4.69, 9.17) is 11.6 Å². The van der Waals surface area contributed by atoms with E-state index in [0.717, 1.165) is 22.8 Å². The predicted octanol–water partition coefficient (Wildman–Crippen LogP) is 4.06. The first-order chi connectivity index (χ1) is 9.28. The fourth-order valence-corrected chi connectivity index (χ4v) is 3.14. The summed E-state index contributed by atoms with van der Waals surface area (Å²) in [4.78, 5) is 2.37. The van der Waals surface area contributed by atoms with Gasteiger partial charge in [-0.2, -0.15) is 11.3 Å². The summed E-state index contributed by atoms with van der Waals surface area (Å²) < 4.78 is 0. The van der Waals surface area contributed by atoms with Crippen LogP contribution < -0.4 is 4.90 Å². The van der Waals surface area contributed by atoms with Gasteiger partial charge in [-0.05, 0) is 47.4 Å². The van der Waals surface area contributed by atoms with Crippen LogP contribution in [0.25, 0.3) is 0 Å². The monoisotopic (exact) mass is 293 g/mol. The van der Waals surface area contributed by atoms with Crippen molar-refractivity contribution in [1.82, 2.24) is 0 Å². The first-order valence-corrected chi connectivity index (χ1v) is 7.77. The Labute approximate surface area is 122 Å². The lowest BCUT2D eigenvalue weighted by Crippen LogP contribution is -2.26. The van der Waals surface area contributed by atoms with Gasteiger partial charge in [0.05, 0.1) is 6.61 Å². The Morgan fingerprint density at radius 1 is 1.32 bits per heavy atom. The second-order valence-corrected chi connectivity index (χ2v) is 6.14. The molecule has 1 heterocycles. The van der Waals surface area contributed by atoms with E-state index in [1.165, 1.54) is 18.4 Å². The van der Waals surface area contributed by atoms with E-state index in [1.54, 1.807) is 11.3 Å². The summed E-state index contributed by atoms with van der Waals surface area (Å²) >= 11 is 7.84. The Bertz CT molecular complexity index is 551. The number of halogens is 1. The fourth-order valence-electron chi connectivity index (χ4n) is 2.31. The highest BCUT2D eigenvalue weighted by Crippen LogP contribution is 2.36. The molecule has 1 aromatic heterocycles. The van der Waals surface area contributed by atoms with Crippen LogP contribution >= 0.6 is 22.9 Å². The zero-order valence-electron chi connectivity index (χ0n) is 10.6. The predicted molar refractivity (Wildman–Crippen MR) is 80.9 cm³/mol. The van der Waals surface area contributed by atoms with Crippen LogP contribution in [0, 0.1) is 0 Å². The lowest BCUT2D eigenvalue weighted by atomic mass is 10.1. The van der Waals surface area contributed by atoms with Crippen LogP contribution in [0.15, 0.2) is 35.0 Å². The molecule has 0 aliphatic heterocycles. The highest BCUT2D eigenvalue weighted by molar-refractivity contribution is 7.07. The molecule has 100 valence electrons. The van der Waals surface area contributed by atoms with Crippen LogP contribution in [0.2, 0.25) is 5.02 Å². The number of thiophene rings is 1. The maximum atomic E-state index is 9.52. The van der Waals surface area contributed by atoms with Crippen molar-refractivity contribution in [2.24, 2.45) is 0 Å². The van der Waals surface area contributed by atoms with E-state index in [9.17, 15) is 5.11 Å². The van der Waals surface area contributed by atoms with E-state index in [2.05, 4.69) is 21.7 Å². The molecular weight excluding hydrogens is 278 g/mol. The Balaban J connectivity index is 1.93. The Hall–Kier alpha value is -1.03. The van der Waals surface area contributed by atoms with Crippen LogP contribution in [0.5, 0.6) is 0 Å². The first-order valence-electron chi connectivity index (χ1n) is 6.45. The smallest absolute Gasteiger partial charge is 0.0702 e. The third-order valence-corrected chi connectivity index (χ3v) is 4.41. The summed E-state index contributed by atoms with van der Waals surface area (Å²) in [5.41, 5.74) is 3.34. The van der Waals surface area contributed by atoms with Crippen molar-refractivity contribution in [3.8, 4) is 0 Å². The van der Waals surface area contributed by atoms with Gasteiger partial charge in [0.25, 0.3) is 0 Å². The highest BCUT2D eigenvalue weighted by atomic mass is 35.5. The Morgan fingerprint density at radius 3 is 2.79 bits per heavy atom. The molecule has 0 amide bonds. The number of aliphatic hydroxyl groups excluding tert-OH is 1. The van der Waals surface area contributed by atoms with Gasteiger partial charge in [0.1, 0.15) is 0 Å². The van der Waals surface area contributed by atoms with Crippen molar-refractivity contribution in [3.05, 3.63) is 51.2 Å². The van der Waals surface area contributed by atoms with Crippen molar-refractivity contribution >= 4 is 28.6 Å². The van der Waals surface area contributed by atoms with Crippen LogP contribution in [-0.2, 0) is 13.2 Å². The van der Waals surface area contributed by atoms with E-state index >= 15 is 0 Å². The topological polar surface area (TPSA) is 23.5 Å². The molecule has 4 heteroatoms. The molecule has 1 saturated carbocycles. The Morgan fingerprint density at radius 2 is 2.16 bits per heavy atom. The molecule has 0 saturated heterocycles. The summed E-state index contributed by atoms with van der Waals surface area (Å²) in [7, 11) is 0. The number of nitrogens with zero attached hydrogens (tertiary/aromatic N) is 1. The summed E-state index contributed by atoms with van der Waals surface area (Å²) in [5, 5.41) is 14.5. The van der Waals surface area contributed by atoms with Gasteiger partial charge in [-0.15, -0.1) is 0 Å². The number of hydrogen-bond acceptors (Lipinski definition) is 3. The summed E-state index contributed by atoms with van der Waals surface area (Å²) in [5.74, 6) is 0. The van der Waals surface area contributed by atoms with E-state index < -0.39 is 0 Å². The minimum Gasteiger partial charge on any atom is -0.392 e. The number of benzene rings is 1. The van der Waals surface area contributed by atoms with Crippen molar-refractivity contribution in [1.29, 1.82) is 0 Å². The first kappa shape index (κ1) is 13.0. The van der Waals surface area contributed by atoms with Crippen LogP contribution in [0.1, 0.15) is 24.0 Å². The molecule has 1 fully saturated rings. The second kappa shape index (κ2) is 5.53. The lowest BCUT2D eigenvalue weighted by Gasteiger charge is -2.26. The van der Waals surface area contributed by atoms with Gasteiger partial charge in [-0.25, -0.2) is 0 Å². The average molecular weight is 294 g/mol. The Kier molecular flexibility index (Phi) is 3.78. The van der Waals surface area contributed by atoms with Crippen LogP contribution in [0.4, 0.5) is 5.69 Å². The standard InChI is InChI=1S/C15H16ClNOS/c16-13-2-1-12(9-18)15(7-13)17(14-3-4-14)8-11-5-6-19-10-11/h1-2,5-7,10,14,18H,3-4,8-9H2. The quantitative estimate of drug-likeness (QED) is 0.898. The van der Waals surface area contributed by atoms with Crippen molar-refractivity contribution in [3.63, 3.8) is 0 Å². The number of aliphatic hydroxyl groups is 1. The van der Waals surface area contributed by atoms with E-state index in [1.807, 2.05) is 18.2 Å². The summed E-state index contributed by atoms with van der Waals surface area (Å²) in [6.45, 7) is 0.945. The molecule has 1 aromatic carbocycles. The maximum absolute atomic E-state index is 9.52. The minimum atomic E-state index is 0.0549. The zero-order chi connectivity index (χ0) is 13.2. The van der Waals surface area contributed by atoms with Crippen molar-refractivity contribution < 1.29 is 5.11 Å². The molecule has 0 bridgehead atoms. The third-order valence-electron chi connectivity index (χ3n) is 3.45. The van der Waals surface area contributed by atoms with Crippen LogP contribution in [0.3, 0.4) is 0 Å². The van der Waals surface area contributed by atoms with Gasteiger partial charge in [0.2, 0.25) is 0 Å². The van der Waals surface area contributed by atoms with Crippen molar-refractivity contribution in [2.75, 3.05) is 4.90 Å². The van der Waals surface area contributed by atoms with E-state index in [-0.39, 0.29) is 6.61 Å². The molecule has 0 atom stereocenters. The molecule has 0 spiro atoms. The van der Waals surface area contributed by atoms with Gasteiger partial charge in [0, 0.05) is 28.9 Å². The largest absolute Gasteiger partial charge is 0.392 e. The highest BCUT2D eigenvalue weighted by Gasteiger charge is 2.30. The third kappa shape index (κ3) is 2.94. The molecule has 3 rings (SSSR count). The number of anilines is 1. The molecule has 0 unspecified atom stereocenters. The molecule has 2 nitrogen and oxygen atoms in total. The molecule has 0 radical (unpaired) electrons. The van der Waals surface area contributed by atoms with Crippen molar-refractivity contribution in [2.45, 2.75) is 32.0 Å². The lowest BCUT2D eigenvalue weighted by molar-refractivity contribution is 0.282. The number of hydrogen-bond donors (Lipinski definition) is 1. The summed E-state index contributed by atoms with van der Waals surface area (Å²) in [6.07, 6.45) is 2.45. The van der Waals surface area contributed by atoms with Gasteiger partial charge in [-0.3, -0.25) is 0 Å². The minimum absolute atomic E-state index is 0.0549. The van der Waals surface area contributed by atoms with E-state index in [0.29, 0.717) is 6.04 Å². The second-order valence-electron chi connectivity index (χ2n) is 4.92. The van der Waals surface area contributed by atoms with Gasteiger partial charge in [0.15, 0.2) is 0 Å². The molecule has 1 aliphatic carbocycles. The molecule has 19 heavy (non-hydrogen) atoms. The molecule has 1 aliphatic rings. The van der Waals surface area contributed by atoms with Crippen LogP contribution in [-0.4, -0.2) is 11.1 Å². The SMILES string of the molecule is OCc1ccc(Cl)cc1N(Cc1ccsc1)C1CC1. The molecule has 2 aromatic rings. The number of rotatable bonds is 5. The van der Waals surface area contributed by atoms with Gasteiger partial charge < -0.3 is 10.0 Å². The van der Waals surface area contributed by atoms with Gasteiger partial charge >= 0.3 is 0 Å². The molecule has 1 N–H and O–H groups in total. The maximum Gasteiger partial charge on any atom is 0.0702 e. The van der Waals surface area contributed by atoms with Gasteiger partial charge in [-0.1, -0.05) is 17.7 Å². The average Bonchev–Trinajstić information content (AvgIpc) is 3.13. The zero-order valence-corrected chi connectivity index (χ0v) is 12.1. The fraction of sp³-hybridized carbons (Fsp3) is 0.333. The molecular formula is C15H16ClNOS. The summed E-state index contributed by atoms with van der Waals surface area (Å²) in [6, 6.07) is 8.47.